The number of benzene rings is 1. The van der Waals surface area contributed by atoms with Gasteiger partial charge in [0, 0.05) is 17.1 Å². The Balaban J connectivity index is 2.18. The maximum absolute atomic E-state index is 5.29. The average molecular weight is 324 g/mol. The number of halogens is 1. The molecule has 0 bridgehead atoms. The van der Waals surface area contributed by atoms with Gasteiger partial charge in [-0.05, 0) is 42.5 Å². The summed E-state index contributed by atoms with van der Waals surface area (Å²) in [5.74, 6) is 1.44. The minimum Gasteiger partial charge on any atom is -0.497 e. The summed E-state index contributed by atoms with van der Waals surface area (Å²) in [6, 6.07) is 6.83. The molecule has 3 heteroatoms. The zero-order valence-corrected chi connectivity index (χ0v) is 13.5. The van der Waals surface area contributed by atoms with Gasteiger partial charge in [-0.3, -0.25) is 0 Å². The summed E-state index contributed by atoms with van der Waals surface area (Å²) in [6.45, 7) is 5.47. The fourth-order valence-electron chi connectivity index (χ4n) is 1.93. The van der Waals surface area contributed by atoms with Crippen LogP contribution in [0.4, 0.5) is 0 Å². The molecule has 1 aliphatic carbocycles. The first-order chi connectivity index (χ1) is 9.10. The molecule has 0 unspecified atom stereocenters. The second kappa shape index (κ2) is 6.58. The van der Waals surface area contributed by atoms with Crippen LogP contribution in [0, 0.1) is 5.92 Å². The van der Waals surface area contributed by atoms with E-state index in [-0.39, 0.29) is 0 Å². The van der Waals surface area contributed by atoms with Crippen LogP contribution >= 0.6 is 15.9 Å². The van der Waals surface area contributed by atoms with Crippen molar-refractivity contribution in [3.05, 3.63) is 33.8 Å². The van der Waals surface area contributed by atoms with E-state index in [1.165, 1.54) is 24.0 Å². The van der Waals surface area contributed by atoms with Gasteiger partial charge >= 0.3 is 0 Å². The highest BCUT2D eigenvalue weighted by Crippen LogP contribution is 2.26. The fourth-order valence-corrected chi connectivity index (χ4v) is 2.29. The summed E-state index contributed by atoms with van der Waals surface area (Å²) in [5.41, 5.74) is 2.61. The van der Waals surface area contributed by atoms with Crippen molar-refractivity contribution in [3.8, 4) is 5.75 Å². The highest BCUT2D eigenvalue weighted by atomic mass is 79.9. The molecule has 1 saturated carbocycles. The van der Waals surface area contributed by atoms with Gasteiger partial charge in [-0.25, -0.2) is 0 Å². The molecule has 1 fully saturated rings. The lowest BCUT2D eigenvalue weighted by Gasteiger charge is -2.13. The van der Waals surface area contributed by atoms with Crippen molar-refractivity contribution in [1.29, 1.82) is 0 Å². The van der Waals surface area contributed by atoms with Crippen LogP contribution in [-0.2, 0) is 0 Å². The molecule has 1 aromatic rings. The Kier molecular flexibility index (Phi) is 5.06. The number of ether oxygens (including phenoxy) is 1. The van der Waals surface area contributed by atoms with Gasteiger partial charge in [0.15, 0.2) is 0 Å². The molecule has 0 heterocycles. The summed E-state index contributed by atoms with van der Waals surface area (Å²) in [6.07, 6.45) is 4.93. The van der Waals surface area contributed by atoms with E-state index < -0.39 is 0 Å². The first-order valence-corrected chi connectivity index (χ1v) is 7.67. The number of nitrogens with one attached hydrogen (secondary N) is 1. The molecule has 2 nitrogen and oxygen atoms in total. The average Bonchev–Trinajstić information content (AvgIpc) is 3.20. The van der Waals surface area contributed by atoms with Crippen LogP contribution < -0.4 is 10.1 Å². The first kappa shape index (κ1) is 14.6. The minimum absolute atomic E-state index is 0.546. The standard InChI is InChI=1S/C16H22BrNO/c1-11(2)13(10-18-14-4-5-14)8-12-9-15(19-3)6-7-16(12)17/h6-9,11,14,18H,4-5,10H2,1-3H3/b13-8-. The second-order valence-corrected chi connectivity index (χ2v) is 6.27. The van der Waals surface area contributed by atoms with Crippen molar-refractivity contribution in [1.82, 2.24) is 5.32 Å². The van der Waals surface area contributed by atoms with E-state index in [9.17, 15) is 0 Å². The monoisotopic (exact) mass is 323 g/mol. The van der Waals surface area contributed by atoms with Gasteiger partial charge < -0.3 is 10.1 Å². The summed E-state index contributed by atoms with van der Waals surface area (Å²) >= 11 is 3.61. The molecule has 1 aliphatic rings. The van der Waals surface area contributed by atoms with Crippen LogP contribution in [0.15, 0.2) is 28.2 Å². The Hall–Kier alpha value is -0.800. The Bertz CT molecular complexity index is 464. The molecule has 104 valence electrons. The molecule has 0 atom stereocenters. The maximum Gasteiger partial charge on any atom is 0.119 e. The lowest BCUT2D eigenvalue weighted by atomic mass is 10.00. The molecule has 0 spiro atoms. The van der Waals surface area contributed by atoms with Crippen molar-refractivity contribution in [2.75, 3.05) is 13.7 Å². The quantitative estimate of drug-likeness (QED) is 0.845. The summed E-state index contributed by atoms with van der Waals surface area (Å²) in [5, 5.41) is 3.59. The second-order valence-electron chi connectivity index (χ2n) is 5.42. The predicted molar refractivity (Wildman–Crippen MR) is 84.5 cm³/mol. The molecular weight excluding hydrogens is 302 g/mol. The summed E-state index contributed by atoms with van der Waals surface area (Å²) in [7, 11) is 1.70. The molecule has 2 rings (SSSR count). The van der Waals surface area contributed by atoms with Gasteiger partial charge in [-0.2, -0.15) is 0 Å². The zero-order valence-electron chi connectivity index (χ0n) is 11.9. The first-order valence-electron chi connectivity index (χ1n) is 6.87. The van der Waals surface area contributed by atoms with Crippen molar-refractivity contribution in [3.63, 3.8) is 0 Å². The number of rotatable bonds is 6. The molecule has 1 aromatic carbocycles. The van der Waals surface area contributed by atoms with Crippen LogP contribution in [0.5, 0.6) is 5.75 Å². The number of hydrogen-bond donors (Lipinski definition) is 1. The van der Waals surface area contributed by atoms with Crippen LogP contribution in [0.2, 0.25) is 0 Å². The Morgan fingerprint density at radius 1 is 1.47 bits per heavy atom. The van der Waals surface area contributed by atoms with Crippen molar-refractivity contribution in [2.45, 2.75) is 32.7 Å². The lowest BCUT2D eigenvalue weighted by Crippen LogP contribution is -2.21. The van der Waals surface area contributed by atoms with Crippen LogP contribution in [-0.4, -0.2) is 19.7 Å². The van der Waals surface area contributed by atoms with Crippen LogP contribution in [0.25, 0.3) is 6.08 Å². The smallest absolute Gasteiger partial charge is 0.119 e. The van der Waals surface area contributed by atoms with E-state index in [1.54, 1.807) is 7.11 Å². The van der Waals surface area contributed by atoms with E-state index in [0.29, 0.717) is 5.92 Å². The number of methoxy groups -OCH3 is 1. The number of hydrogen-bond acceptors (Lipinski definition) is 2. The van der Waals surface area contributed by atoms with Gasteiger partial charge in [0.25, 0.3) is 0 Å². The van der Waals surface area contributed by atoms with Gasteiger partial charge in [0.05, 0.1) is 7.11 Å². The Labute approximate surface area is 124 Å². The van der Waals surface area contributed by atoms with Crippen molar-refractivity contribution < 1.29 is 4.74 Å². The SMILES string of the molecule is COc1ccc(Br)c(/C=C(/CNC2CC2)C(C)C)c1. The molecule has 0 saturated heterocycles. The maximum atomic E-state index is 5.29. The third-order valence-corrected chi connectivity index (χ3v) is 4.18. The van der Waals surface area contributed by atoms with Gasteiger partial charge in [-0.15, -0.1) is 0 Å². The Morgan fingerprint density at radius 2 is 2.21 bits per heavy atom. The fraction of sp³-hybridized carbons (Fsp3) is 0.500. The molecule has 0 aromatic heterocycles. The molecule has 19 heavy (non-hydrogen) atoms. The van der Waals surface area contributed by atoms with E-state index in [0.717, 1.165) is 22.8 Å². The molecule has 0 aliphatic heterocycles. The van der Waals surface area contributed by atoms with Gasteiger partial charge in [0.2, 0.25) is 0 Å². The van der Waals surface area contributed by atoms with Gasteiger partial charge in [-0.1, -0.05) is 41.4 Å². The minimum atomic E-state index is 0.546. The Morgan fingerprint density at radius 3 is 2.79 bits per heavy atom. The van der Waals surface area contributed by atoms with Crippen LogP contribution in [0.1, 0.15) is 32.3 Å². The van der Waals surface area contributed by atoms with E-state index in [2.05, 4.69) is 47.2 Å². The third-order valence-electron chi connectivity index (χ3n) is 3.46. The van der Waals surface area contributed by atoms with Crippen molar-refractivity contribution >= 4 is 22.0 Å². The van der Waals surface area contributed by atoms with E-state index >= 15 is 0 Å². The normalized spacial score (nSPS) is 15.9. The zero-order chi connectivity index (χ0) is 13.8. The largest absolute Gasteiger partial charge is 0.497 e. The van der Waals surface area contributed by atoms with E-state index in [1.807, 2.05) is 12.1 Å². The van der Waals surface area contributed by atoms with Crippen molar-refractivity contribution in [2.24, 2.45) is 5.92 Å². The molecule has 0 radical (unpaired) electrons. The highest BCUT2D eigenvalue weighted by molar-refractivity contribution is 9.10. The summed E-state index contributed by atoms with van der Waals surface area (Å²) < 4.78 is 6.40. The van der Waals surface area contributed by atoms with Crippen LogP contribution in [0.3, 0.4) is 0 Å². The molecule has 0 amide bonds. The van der Waals surface area contributed by atoms with E-state index in [4.69, 9.17) is 4.74 Å². The lowest BCUT2D eigenvalue weighted by molar-refractivity contribution is 0.414. The van der Waals surface area contributed by atoms with Gasteiger partial charge in [0.1, 0.15) is 5.75 Å². The predicted octanol–water partition coefficient (Wildman–Crippen LogP) is 4.25. The molecular formula is C16H22BrNO. The highest BCUT2D eigenvalue weighted by Gasteiger charge is 2.20. The third kappa shape index (κ3) is 4.36. The summed E-state index contributed by atoms with van der Waals surface area (Å²) in [4.78, 5) is 0. The molecule has 1 N–H and O–H groups in total. The topological polar surface area (TPSA) is 21.3 Å².